The van der Waals surface area contributed by atoms with Gasteiger partial charge in [0.05, 0.1) is 5.88 Å². The minimum absolute atomic E-state index is 0.184. The summed E-state index contributed by atoms with van der Waals surface area (Å²) in [5, 5.41) is 0.230. The van der Waals surface area contributed by atoms with Crippen LogP contribution in [0.25, 0.3) is 0 Å². The van der Waals surface area contributed by atoms with Crippen molar-refractivity contribution >= 4 is 33.5 Å². The molecule has 0 saturated carbocycles. The number of halogens is 2. The molecule has 4 heteroatoms. The second kappa shape index (κ2) is 5.06. The van der Waals surface area contributed by atoms with E-state index < -0.39 is 0 Å². The molecule has 0 heterocycles. The molecule has 0 aromatic heterocycles. The number of rotatable bonds is 3. The first-order valence-corrected chi connectivity index (χ1v) is 4.17. The highest BCUT2D eigenvalue weighted by atomic mass is 79.9. The predicted octanol–water partition coefficient (Wildman–Crippen LogP) is 1.55. The summed E-state index contributed by atoms with van der Waals surface area (Å²) >= 11 is 8.32. The second-order valence-electron chi connectivity index (χ2n) is 1.59. The van der Waals surface area contributed by atoms with Crippen LogP contribution in [-0.2, 0) is 9.53 Å². The van der Waals surface area contributed by atoms with Gasteiger partial charge in [-0.2, -0.15) is 0 Å². The maximum atomic E-state index is 10.5. The van der Waals surface area contributed by atoms with Gasteiger partial charge < -0.3 is 4.74 Å². The number of hydrogen-bond acceptors (Lipinski definition) is 2. The van der Waals surface area contributed by atoms with Gasteiger partial charge in [0.15, 0.2) is 0 Å². The van der Waals surface area contributed by atoms with Crippen molar-refractivity contribution in [1.82, 2.24) is 0 Å². The highest BCUT2D eigenvalue weighted by Gasteiger charge is 2.04. The van der Waals surface area contributed by atoms with Crippen LogP contribution >= 0.6 is 27.5 Å². The summed E-state index contributed by atoms with van der Waals surface area (Å²) < 4.78 is 4.73. The fraction of sp³-hybridized carbons (Fsp3) is 0.800. The number of ether oxygens (including phenoxy) is 1. The topological polar surface area (TPSA) is 26.3 Å². The van der Waals surface area contributed by atoms with Crippen molar-refractivity contribution in [3.8, 4) is 0 Å². The molecule has 0 amide bonds. The molecule has 0 rings (SSSR count). The summed E-state index contributed by atoms with van der Waals surface area (Å²) in [7, 11) is 0. The SMILES string of the molecule is CC(CCl)OC(=O)CBr. The maximum Gasteiger partial charge on any atom is 0.316 e. The Kier molecular flexibility index (Phi) is 5.19. The third-order valence-corrected chi connectivity index (χ3v) is 1.55. The van der Waals surface area contributed by atoms with E-state index in [1.54, 1.807) is 6.92 Å². The molecule has 1 atom stereocenters. The average molecular weight is 215 g/mol. The van der Waals surface area contributed by atoms with Gasteiger partial charge in [-0.05, 0) is 6.92 Å². The molecule has 0 N–H and O–H groups in total. The number of carbonyl (C=O) groups excluding carboxylic acids is 1. The highest BCUT2D eigenvalue weighted by Crippen LogP contribution is 1.95. The Labute approximate surface area is 67.6 Å². The van der Waals surface area contributed by atoms with E-state index in [0.717, 1.165) is 0 Å². The molecule has 54 valence electrons. The molecule has 0 radical (unpaired) electrons. The zero-order valence-electron chi connectivity index (χ0n) is 5.06. The lowest BCUT2D eigenvalue weighted by molar-refractivity contribution is -0.143. The third-order valence-electron chi connectivity index (χ3n) is 0.659. The van der Waals surface area contributed by atoms with Gasteiger partial charge >= 0.3 is 5.97 Å². The van der Waals surface area contributed by atoms with Gasteiger partial charge in [0.25, 0.3) is 0 Å². The summed E-state index contributed by atoms with van der Waals surface area (Å²) in [5.74, 6) is 0.0711. The van der Waals surface area contributed by atoms with E-state index in [1.807, 2.05) is 0 Å². The van der Waals surface area contributed by atoms with Crippen LogP contribution in [0.5, 0.6) is 0 Å². The Morgan fingerprint density at radius 2 is 2.44 bits per heavy atom. The van der Waals surface area contributed by atoms with Gasteiger partial charge in [-0.1, -0.05) is 15.9 Å². The number of alkyl halides is 2. The van der Waals surface area contributed by atoms with Crippen molar-refractivity contribution in [3.63, 3.8) is 0 Å². The highest BCUT2D eigenvalue weighted by molar-refractivity contribution is 9.09. The van der Waals surface area contributed by atoms with E-state index in [4.69, 9.17) is 16.3 Å². The monoisotopic (exact) mass is 214 g/mol. The van der Waals surface area contributed by atoms with Crippen molar-refractivity contribution in [1.29, 1.82) is 0 Å². The van der Waals surface area contributed by atoms with Crippen LogP contribution < -0.4 is 0 Å². The van der Waals surface area contributed by atoms with Gasteiger partial charge in [0, 0.05) is 0 Å². The number of carbonyl (C=O) groups is 1. The molecule has 2 nitrogen and oxygen atoms in total. The van der Waals surface area contributed by atoms with Crippen molar-refractivity contribution in [3.05, 3.63) is 0 Å². The maximum absolute atomic E-state index is 10.5. The van der Waals surface area contributed by atoms with Crippen molar-refractivity contribution in [2.75, 3.05) is 11.2 Å². The molecule has 0 aromatic rings. The molecular weight excluding hydrogens is 207 g/mol. The summed E-state index contributed by atoms with van der Waals surface area (Å²) in [4.78, 5) is 10.5. The number of hydrogen-bond donors (Lipinski definition) is 0. The van der Waals surface area contributed by atoms with Gasteiger partial charge in [0.2, 0.25) is 0 Å². The van der Waals surface area contributed by atoms with Crippen LogP contribution in [0.4, 0.5) is 0 Å². The first-order valence-electron chi connectivity index (χ1n) is 2.52. The van der Waals surface area contributed by atoms with Crippen LogP contribution in [0.15, 0.2) is 0 Å². The molecule has 0 aliphatic heterocycles. The fourth-order valence-corrected chi connectivity index (χ4v) is 0.483. The molecule has 0 bridgehead atoms. The van der Waals surface area contributed by atoms with Crippen LogP contribution in [0.1, 0.15) is 6.92 Å². The van der Waals surface area contributed by atoms with Crippen molar-refractivity contribution in [2.45, 2.75) is 13.0 Å². The Balaban J connectivity index is 3.34. The third kappa shape index (κ3) is 4.73. The Morgan fingerprint density at radius 1 is 1.89 bits per heavy atom. The molecule has 0 aliphatic carbocycles. The summed E-state index contributed by atoms with van der Waals surface area (Å²) in [6, 6.07) is 0. The Morgan fingerprint density at radius 3 is 2.78 bits per heavy atom. The lowest BCUT2D eigenvalue weighted by Gasteiger charge is -2.06. The van der Waals surface area contributed by atoms with E-state index in [0.29, 0.717) is 5.88 Å². The van der Waals surface area contributed by atoms with Gasteiger partial charge in [-0.25, -0.2) is 0 Å². The number of esters is 1. The zero-order valence-corrected chi connectivity index (χ0v) is 7.41. The first kappa shape index (κ1) is 9.24. The van der Waals surface area contributed by atoms with E-state index in [1.165, 1.54) is 0 Å². The summed E-state index contributed by atoms with van der Waals surface area (Å²) in [6.07, 6.45) is -0.184. The smallest absolute Gasteiger partial charge is 0.316 e. The van der Waals surface area contributed by atoms with Crippen molar-refractivity contribution in [2.24, 2.45) is 0 Å². The Bertz CT molecular complexity index is 97.0. The van der Waals surface area contributed by atoms with Crippen molar-refractivity contribution < 1.29 is 9.53 Å². The lowest BCUT2D eigenvalue weighted by atomic mass is 10.5. The standard InChI is InChI=1S/C5H8BrClO2/c1-4(3-7)9-5(8)2-6/h4H,2-3H2,1H3. The normalized spacial score (nSPS) is 12.8. The van der Waals surface area contributed by atoms with E-state index in [9.17, 15) is 4.79 Å². The van der Waals surface area contributed by atoms with Gasteiger partial charge in [-0.3, -0.25) is 4.79 Å². The zero-order chi connectivity index (χ0) is 7.28. The predicted molar refractivity (Wildman–Crippen MR) is 40.1 cm³/mol. The molecule has 0 saturated heterocycles. The first-order chi connectivity index (χ1) is 4.20. The van der Waals surface area contributed by atoms with Gasteiger partial charge in [0.1, 0.15) is 11.4 Å². The van der Waals surface area contributed by atoms with E-state index >= 15 is 0 Å². The minimum atomic E-state index is -0.275. The quantitative estimate of drug-likeness (QED) is 0.527. The fourth-order valence-electron chi connectivity index (χ4n) is 0.287. The molecule has 0 spiro atoms. The van der Waals surface area contributed by atoms with Crippen LogP contribution in [0.3, 0.4) is 0 Å². The molecular formula is C5H8BrClO2. The van der Waals surface area contributed by atoms with E-state index in [-0.39, 0.29) is 17.4 Å². The molecule has 9 heavy (non-hydrogen) atoms. The lowest BCUT2D eigenvalue weighted by Crippen LogP contribution is -2.16. The summed E-state index contributed by atoms with van der Waals surface area (Å²) in [5.41, 5.74) is 0. The minimum Gasteiger partial charge on any atom is -0.461 e. The average Bonchev–Trinajstić information content (AvgIpc) is 1.87. The van der Waals surface area contributed by atoms with Crippen LogP contribution in [-0.4, -0.2) is 23.3 Å². The molecule has 1 unspecified atom stereocenters. The van der Waals surface area contributed by atoms with Gasteiger partial charge in [-0.15, -0.1) is 11.6 Å². The Hall–Kier alpha value is 0.240. The largest absolute Gasteiger partial charge is 0.461 e. The molecule has 0 fully saturated rings. The molecule has 0 aromatic carbocycles. The van der Waals surface area contributed by atoms with Crippen LogP contribution in [0.2, 0.25) is 0 Å². The van der Waals surface area contributed by atoms with Crippen LogP contribution in [0, 0.1) is 0 Å². The molecule has 0 aliphatic rings. The summed E-state index contributed by atoms with van der Waals surface area (Å²) in [6.45, 7) is 1.74. The van der Waals surface area contributed by atoms with E-state index in [2.05, 4.69) is 15.9 Å². The second-order valence-corrected chi connectivity index (χ2v) is 2.46.